The number of alkyl carbamates (subject to hydrolysis) is 1. The van der Waals surface area contributed by atoms with Gasteiger partial charge in [-0.1, -0.05) is 60.7 Å². The zero-order valence-electron chi connectivity index (χ0n) is 17.8. The molecule has 2 atom stereocenters. The zero-order valence-corrected chi connectivity index (χ0v) is 17.8. The van der Waals surface area contributed by atoms with Crippen molar-refractivity contribution in [1.29, 1.82) is 0 Å². The fraction of sp³-hybridized carbons (Fsp3) is 0.269. The first-order chi connectivity index (χ1) is 15.5. The van der Waals surface area contributed by atoms with Gasteiger partial charge < -0.3 is 20.3 Å². The SMILES string of the molecule is Cc1c(F)cccc1C(O)C(O)CCNC(=O)OCC1c2ccccc2-c2ccccc21. The van der Waals surface area contributed by atoms with Crippen LogP contribution in [-0.4, -0.2) is 35.6 Å². The molecule has 0 spiro atoms. The van der Waals surface area contributed by atoms with E-state index in [1.165, 1.54) is 12.1 Å². The highest BCUT2D eigenvalue weighted by atomic mass is 19.1. The number of halogens is 1. The van der Waals surface area contributed by atoms with Crippen molar-refractivity contribution in [2.75, 3.05) is 13.2 Å². The van der Waals surface area contributed by atoms with E-state index in [0.29, 0.717) is 11.1 Å². The molecule has 3 N–H and O–H groups in total. The molecule has 0 aromatic heterocycles. The quantitative estimate of drug-likeness (QED) is 0.512. The lowest BCUT2D eigenvalue weighted by atomic mass is 9.97. The number of benzene rings is 3. The van der Waals surface area contributed by atoms with E-state index in [9.17, 15) is 19.4 Å². The smallest absolute Gasteiger partial charge is 0.407 e. The van der Waals surface area contributed by atoms with Crippen LogP contribution in [0.3, 0.4) is 0 Å². The van der Waals surface area contributed by atoms with Crippen LogP contribution in [0.1, 0.15) is 40.7 Å². The van der Waals surface area contributed by atoms with Gasteiger partial charge in [-0.15, -0.1) is 0 Å². The molecule has 6 heteroatoms. The van der Waals surface area contributed by atoms with E-state index >= 15 is 0 Å². The van der Waals surface area contributed by atoms with Crippen LogP contribution in [0, 0.1) is 12.7 Å². The number of carbonyl (C=O) groups is 1. The molecule has 166 valence electrons. The molecule has 0 fully saturated rings. The van der Waals surface area contributed by atoms with E-state index in [1.54, 1.807) is 13.0 Å². The molecule has 2 unspecified atom stereocenters. The first-order valence-electron chi connectivity index (χ1n) is 10.7. The Morgan fingerprint density at radius 2 is 1.62 bits per heavy atom. The Balaban J connectivity index is 1.29. The van der Waals surface area contributed by atoms with Gasteiger partial charge in [0.05, 0.1) is 6.10 Å². The predicted octanol–water partition coefficient (Wildman–Crippen LogP) is 4.46. The van der Waals surface area contributed by atoms with E-state index in [1.807, 2.05) is 36.4 Å². The van der Waals surface area contributed by atoms with Gasteiger partial charge in [0.25, 0.3) is 0 Å². The highest BCUT2D eigenvalue weighted by Crippen LogP contribution is 2.44. The third-order valence-corrected chi connectivity index (χ3v) is 6.05. The lowest BCUT2D eigenvalue weighted by Gasteiger charge is -2.20. The van der Waals surface area contributed by atoms with E-state index in [-0.39, 0.29) is 25.5 Å². The lowest BCUT2D eigenvalue weighted by Crippen LogP contribution is -2.30. The Bertz CT molecular complexity index is 1070. The molecule has 5 nitrogen and oxygen atoms in total. The minimum atomic E-state index is -1.24. The molecule has 3 aromatic carbocycles. The number of aliphatic hydroxyl groups excluding tert-OH is 2. The predicted molar refractivity (Wildman–Crippen MR) is 120 cm³/mol. The van der Waals surface area contributed by atoms with Gasteiger partial charge in [0.15, 0.2) is 0 Å². The van der Waals surface area contributed by atoms with E-state index in [4.69, 9.17) is 4.74 Å². The van der Waals surface area contributed by atoms with Crippen molar-refractivity contribution in [3.8, 4) is 11.1 Å². The van der Waals surface area contributed by atoms with Crippen LogP contribution in [0.5, 0.6) is 0 Å². The van der Waals surface area contributed by atoms with Crippen LogP contribution in [0.4, 0.5) is 9.18 Å². The maximum atomic E-state index is 13.7. The molecule has 3 aromatic rings. The maximum absolute atomic E-state index is 13.7. The summed E-state index contributed by atoms with van der Waals surface area (Å²) in [5.74, 6) is -0.470. The highest BCUT2D eigenvalue weighted by Gasteiger charge is 2.29. The molecule has 0 saturated carbocycles. The van der Waals surface area contributed by atoms with Crippen LogP contribution in [0.15, 0.2) is 66.7 Å². The van der Waals surface area contributed by atoms with Gasteiger partial charge in [0.1, 0.15) is 18.5 Å². The second kappa shape index (κ2) is 9.51. The number of hydrogen-bond donors (Lipinski definition) is 3. The summed E-state index contributed by atoms with van der Waals surface area (Å²) in [7, 11) is 0. The Morgan fingerprint density at radius 3 is 2.28 bits per heavy atom. The summed E-state index contributed by atoms with van der Waals surface area (Å²) in [5.41, 5.74) is 5.20. The third kappa shape index (κ3) is 4.38. The molecule has 32 heavy (non-hydrogen) atoms. The van der Waals surface area contributed by atoms with Gasteiger partial charge in [-0.2, -0.15) is 0 Å². The van der Waals surface area contributed by atoms with E-state index in [2.05, 4.69) is 17.4 Å². The summed E-state index contributed by atoms with van der Waals surface area (Å²) < 4.78 is 19.2. The van der Waals surface area contributed by atoms with Gasteiger partial charge in [-0.05, 0) is 52.8 Å². The second-order valence-electron chi connectivity index (χ2n) is 8.01. The van der Waals surface area contributed by atoms with Gasteiger partial charge in [-0.25, -0.2) is 9.18 Å². The van der Waals surface area contributed by atoms with Crippen molar-refractivity contribution in [3.05, 3.63) is 94.8 Å². The van der Waals surface area contributed by atoms with Crippen molar-refractivity contribution in [3.63, 3.8) is 0 Å². The number of aliphatic hydroxyl groups is 2. The number of rotatable bonds is 7. The van der Waals surface area contributed by atoms with Crippen LogP contribution < -0.4 is 5.32 Å². The number of amides is 1. The van der Waals surface area contributed by atoms with Crippen molar-refractivity contribution < 1.29 is 24.1 Å². The molecule has 0 aliphatic heterocycles. The van der Waals surface area contributed by atoms with Crippen molar-refractivity contribution >= 4 is 6.09 Å². The molecule has 1 aliphatic rings. The summed E-state index contributed by atoms with van der Waals surface area (Å²) in [6, 6.07) is 20.6. The molecular weight excluding hydrogens is 409 g/mol. The van der Waals surface area contributed by atoms with Crippen molar-refractivity contribution in [2.45, 2.75) is 31.5 Å². The summed E-state index contributed by atoms with van der Waals surface area (Å²) >= 11 is 0. The van der Waals surface area contributed by atoms with Gasteiger partial charge in [0.2, 0.25) is 0 Å². The summed E-state index contributed by atoms with van der Waals surface area (Å²) in [4.78, 5) is 12.2. The fourth-order valence-electron chi connectivity index (χ4n) is 4.28. The maximum Gasteiger partial charge on any atom is 0.407 e. The van der Waals surface area contributed by atoms with Crippen molar-refractivity contribution in [1.82, 2.24) is 5.32 Å². The highest BCUT2D eigenvalue weighted by molar-refractivity contribution is 5.79. The summed E-state index contributed by atoms with van der Waals surface area (Å²) in [6.45, 7) is 1.87. The Hall–Kier alpha value is -3.22. The normalized spacial score (nSPS) is 14.4. The van der Waals surface area contributed by atoms with Crippen molar-refractivity contribution in [2.24, 2.45) is 0 Å². The van der Waals surface area contributed by atoms with Gasteiger partial charge in [-0.3, -0.25) is 0 Å². The fourth-order valence-corrected chi connectivity index (χ4v) is 4.28. The Morgan fingerprint density at radius 1 is 1.00 bits per heavy atom. The molecular formula is C26H26FNO4. The monoisotopic (exact) mass is 435 g/mol. The van der Waals surface area contributed by atoms with E-state index in [0.717, 1.165) is 22.3 Å². The first kappa shape index (κ1) is 22.0. The van der Waals surface area contributed by atoms with E-state index < -0.39 is 24.1 Å². The first-order valence-corrected chi connectivity index (χ1v) is 10.7. The third-order valence-electron chi connectivity index (χ3n) is 6.05. The summed E-state index contributed by atoms with van der Waals surface area (Å²) in [6.07, 6.45) is -2.88. The molecule has 0 heterocycles. The number of fused-ring (bicyclic) bond motifs is 3. The number of hydrogen-bond acceptors (Lipinski definition) is 4. The van der Waals surface area contributed by atoms with Crippen LogP contribution >= 0.6 is 0 Å². The topological polar surface area (TPSA) is 78.8 Å². The van der Waals surface area contributed by atoms with Crippen LogP contribution in [-0.2, 0) is 4.74 Å². The van der Waals surface area contributed by atoms with Gasteiger partial charge >= 0.3 is 6.09 Å². The molecule has 1 amide bonds. The average Bonchev–Trinajstić information content (AvgIpc) is 3.13. The van der Waals surface area contributed by atoms with Crippen LogP contribution in [0.2, 0.25) is 0 Å². The Labute approximate surface area is 186 Å². The van der Waals surface area contributed by atoms with Gasteiger partial charge in [0, 0.05) is 12.5 Å². The zero-order chi connectivity index (χ0) is 22.7. The molecule has 0 saturated heterocycles. The Kier molecular flexibility index (Phi) is 6.53. The molecule has 1 aliphatic carbocycles. The minimum absolute atomic E-state index is 0.0310. The number of carbonyl (C=O) groups excluding carboxylic acids is 1. The molecule has 0 bridgehead atoms. The summed E-state index contributed by atoms with van der Waals surface area (Å²) in [5, 5.41) is 23.2. The standard InChI is InChI=1S/C26H26FNO4/c1-16-17(11-6-12-23(16)27)25(30)24(29)13-14-28-26(31)32-15-22-20-9-4-2-7-18(20)19-8-3-5-10-21(19)22/h2-12,22,24-25,29-30H,13-15H2,1H3,(H,28,31). The van der Waals surface area contributed by atoms with Crippen LogP contribution in [0.25, 0.3) is 11.1 Å². The minimum Gasteiger partial charge on any atom is -0.449 e. The average molecular weight is 435 g/mol. The second-order valence-corrected chi connectivity index (χ2v) is 8.01. The number of nitrogens with one attached hydrogen (secondary N) is 1. The molecule has 0 radical (unpaired) electrons. The molecule has 4 rings (SSSR count). The number of ether oxygens (including phenoxy) is 1. The lowest BCUT2D eigenvalue weighted by molar-refractivity contribution is 0.0131. The largest absolute Gasteiger partial charge is 0.449 e.